The molecule has 0 spiro atoms. The number of nitrogens with zero attached hydrogens (tertiary/aromatic N) is 1. The van der Waals surface area contributed by atoms with Gasteiger partial charge in [-0.1, -0.05) is 0 Å². The summed E-state index contributed by atoms with van der Waals surface area (Å²) in [5.74, 6) is -0.678. The van der Waals surface area contributed by atoms with Crippen molar-refractivity contribution >= 4 is 17.7 Å². The molecule has 0 aromatic rings. The lowest BCUT2D eigenvalue weighted by atomic mass is 9.93. The first kappa shape index (κ1) is 12.4. The number of alkyl halides is 4. The lowest BCUT2D eigenvalue weighted by molar-refractivity contribution is -0.146. The second-order valence-electron chi connectivity index (χ2n) is 3.61. The van der Waals surface area contributed by atoms with Crippen LogP contribution in [-0.2, 0) is 0 Å². The minimum Gasteiger partial charge on any atom is -0.465 e. The Hall–Kier alpha value is -0.650. The first-order valence-electron chi connectivity index (χ1n) is 4.48. The third-order valence-electron chi connectivity index (χ3n) is 2.44. The Morgan fingerprint density at radius 1 is 1.53 bits per heavy atom. The molecule has 1 fully saturated rings. The van der Waals surface area contributed by atoms with Gasteiger partial charge < -0.3 is 10.0 Å². The van der Waals surface area contributed by atoms with Gasteiger partial charge in [-0.05, 0) is 12.3 Å². The van der Waals surface area contributed by atoms with E-state index in [1.54, 1.807) is 0 Å². The highest BCUT2D eigenvalue weighted by Crippen LogP contribution is 2.33. The van der Waals surface area contributed by atoms with Crippen LogP contribution >= 0.6 is 11.6 Å². The summed E-state index contributed by atoms with van der Waals surface area (Å²) >= 11 is 5.72. The van der Waals surface area contributed by atoms with Gasteiger partial charge >= 0.3 is 12.3 Å². The van der Waals surface area contributed by atoms with Crippen LogP contribution in [0.3, 0.4) is 0 Å². The van der Waals surface area contributed by atoms with Crippen LogP contribution in [0.25, 0.3) is 0 Å². The maximum atomic E-state index is 12.1. The van der Waals surface area contributed by atoms with Gasteiger partial charge in [0.05, 0.1) is 5.38 Å². The molecule has 0 aromatic heterocycles. The molecule has 2 atom stereocenters. The lowest BCUT2D eigenvalue weighted by Gasteiger charge is -2.34. The van der Waals surface area contributed by atoms with Crippen molar-refractivity contribution in [3.8, 4) is 0 Å². The topological polar surface area (TPSA) is 40.5 Å². The molecule has 0 radical (unpaired) electrons. The molecule has 1 rings (SSSR count). The first-order chi connectivity index (χ1) is 6.79. The van der Waals surface area contributed by atoms with E-state index in [4.69, 9.17) is 16.7 Å². The number of carbonyl (C=O) groups is 1. The van der Waals surface area contributed by atoms with E-state index in [1.165, 1.54) is 0 Å². The summed E-state index contributed by atoms with van der Waals surface area (Å²) in [6, 6.07) is 0. The Labute approximate surface area is 89.8 Å². The number of likely N-dealkylation sites (tertiary alicyclic amines) is 1. The molecule has 15 heavy (non-hydrogen) atoms. The van der Waals surface area contributed by atoms with Crippen LogP contribution in [0.5, 0.6) is 0 Å². The van der Waals surface area contributed by atoms with Crippen LogP contribution in [0.15, 0.2) is 0 Å². The van der Waals surface area contributed by atoms with Crippen molar-refractivity contribution < 1.29 is 23.1 Å². The minimum atomic E-state index is -4.23. The SMILES string of the molecule is O=C(O)N1CCC(CC(F)(F)F)C(Cl)C1. The molecular weight excluding hydrogens is 235 g/mol. The lowest BCUT2D eigenvalue weighted by Crippen LogP contribution is -2.44. The summed E-state index contributed by atoms with van der Waals surface area (Å²) < 4.78 is 36.2. The van der Waals surface area contributed by atoms with Crippen molar-refractivity contribution in [1.82, 2.24) is 4.90 Å². The molecular formula is C8H11ClF3NO2. The second-order valence-corrected chi connectivity index (χ2v) is 4.17. The van der Waals surface area contributed by atoms with Crippen LogP contribution in [0.2, 0.25) is 0 Å². The molecule has 1 amide bonds. The van der Waals surface area contributed by atoms with Crippen molar-refractivity contribution in [2.24, 2.45) is 5.92 Å². The third-order valence-corrected chi connectivity index (χ3v) is 2.93. The third kappa shape index (κ3) is 3.77. The number of halogens is 4. The van der Waals surface area contributed by atoms with Gasteiger partial charge in [-0.2, -0.15) is 13.2 Å². The van der Waals surface area contributed by atoms with Crippen molar-refractivity contribution in [3.63, 3.8) is 0 Å². The quantitative estimate of drug-likeness (QED) is 0.722. The summed E-state index contributed by atoms with van der Waals surface area (Å²) in [6.07, 6.45) is -6.14. The molecule has 3 nitrogen and oxygen atoms in total. The zero-order chi connectivity index (χ0) is 11.6. The van der Waals surface area contributed by atoms with E-state index < -0.39 is 30.0 Å². The monoisotopic (exact) mass is 245 g/mol. The van der Waals surface area contributed by atoms with E-state index in [0.29, 0.717) is 0 Å². The van der Waals surface area contributed by atoms with E-state index in [-0.39, 0.29) is 19.5 Å². The Kier molecular flexibility index (Phi) is 3.70. The number of rotatable bonds is 1. The zero-order valence-electron chi connectivity index (χ0n) is 7.80. The fourth-order valence-corrected chi connectivity index (χ4v) is 2.04. The highest BCUT2D eigenvalue weighted by atomic mass is 35.5. The highest BCUT2D eigenvalue weighted by Gasteiger charge is 2.38. The molecule has 0 saturated carbocycles. The van der Waals surface area contributed by atoms with E-state index in [0.717, 1.165) is 4.90 Å². The number of hydrogen-bond acceptors (Lipinski definition) is 1. The molecule has 1 aliphatic heterocycles. The van der Waals surface area contributed by atoms with Gasteiger partial charge in [0.1, 0.15) is 0 Å². The Balaban J connectivity index is 2.49. The molecule has 1 N–H and O–H groups in total. The minimum absolute atomic E-state index is 0.0301. The first-order valence-corrected chi connectivity index (χ1v) is 4.92. The highest BCUT2D eigenvalue weighted by molar-refractivity contribution is 6.21. The summed E-state index contributed by atoms with van der Waals surface area (Å²) in [5, 5.41) is 7.87. The fourth-order valence-electron chi connectivity index (χ4n) is 1.65. The predicted molar refractivity (Wildman–Crippen MR) is 48.0 cm³/mol. The second kappa shape index (κ2) is 4.47. The maximum Gasteiger partial charge on any atom is 0.407 e. The normalized spacial score (nSPS) is 27.9. The number of hydrogen-bond donors (Lipinski definition) is 1. The van der Waals surface area contributed by atoms with Crippen LogP contribution in [0, 0.1) is 5.92 Å². The van der Waals surface area contributed by atoms with Crippen LogP contribution in [-0.4, -0.2) is 40.7 Å². The largest absolute Gasteiger partial charge is 0.465 e. The molecule has 0 aromatic carbocycles. The smallest absolute Gasteiger partial charge is 0.407 e. The van der Waals surface area contributed by atoms with Gasteiger partial charge in [-0.25, -0.2) is 4.79 Å². The van der Waals surface area contributed by atoms with Gasteiger partial charge in [0.15, 0.2) is 0 Å². The van der Waals surface area contributed by atoms with Crippen LogP contribution in [0.1, 0.15) is 12.8 Å². The van der Waals surface area contributed by atoms with Crippen molar-refractivity contribution in [2.45, 2.75) is 24.4 Å². The van der Waals surface area contributed by atoms with Crippen molar-refractivity contribution in [1.29, 1.82) is 0 Å². The molecule has 0 aliphatic carbocycles. The summed E-state index contributed by atoms with van der Waals surface area (Å²) in [4.78, 5) is 11.6. The van der Waals surface area contributed by atoms with E-state index >= 15 is 0 Å². The molecule has 1 aliphatic rings. The fraction of sp³-hybridized carbons (Fsp3) is 0.875. The zero-order valence-corrected chi connectivity index (χ0v) is 8.55. The van der Waals surface area contributed by atoms with Gasteiger partial charge in [0.2, 0.25) is 0 Å². The summed E-state index contributed by atoms with van der Waals surface area (Å²) in [7, 11) is 0. The van der Waals surface area contributed by atoms with Gasteiger partial charge in [-0.3, -0.25) is 0 Å². The molecule has 88 valence electrons. The summed E-state index contributed by atoms with van der Waals surface area (Å²) in [5.41, 5.74) is 0. The Bertz CT molecular complexity index is 247. The molecule has 2 unspecified atom stereocenters. The predicted octanol–water partition coefficient (Wildman–Crippen LogP) is 2.55. The molecule has 0 bridgehead atoms. The Morgan fingerprint density at radius 2 is 2.13 bits per heavy atom. The maximum absolute atomic E-state index is 12.1. The van der Waals surface area contributed by atoms with E-state index in [9.17, 15) is 18.0 Å². The number of carboxylic acid groups (broad SMARTS) is 1. The number of piperidine rings is 1. The van der Waals surface area contributed by atoms with Crippen LogP contribution < -0.4 is 0 Å². The summed E-state index contributed by atoms with van der Waals surface area (Å²) in [6.45, 7) is 0.0942. The van der Waals surface area contributed by atoms with Crippen LogP contribution in [0.4, 0.5) is 18.0 Å². The molecule has 7 heteroatoms. The number of amides is 1. The van der Waals surface area contributed by atoms with Crippen molar-refractivity contribution in [2.75, 3.05) is 13.1 Å². The van der Waals surface area contributed by atoms with Crippen molar-refractivity contribution in [3.05, 3.63) is 0 Å². The van der Waals surface area contributed by atoms with E-state index in [2.05, 4.69) is 0 Å². The Morgan fingerprint density at radius 3 is 2.53 bits per heavy atom. The average molecular weight is 246 g/mol. The van der Waals surface area contributed by atoms with Gasteiger partial charge in [-0.15, -0.1) is 11.6 Å². The molecule has 1 heterocycles. The molecule has 1 saturated heterocycles. The standard InChI is InChI=1S/C8H11ClF3NO2/c9-6-4-13(7(14)15)2-1-5(6)3-8(10,11)12/h5-6H,1-4H2,(H,14,15). The van der Waals surface area contributed by atoms with Gasteiger partial charge in [0.25, 0.3) is 0 Å². The van der Waals surface area contributed by atoms with Gasteiger partial charge in [0, 0.05) is 19.5 Å². The van der Waals surface area contributed by atoms with E-state index in [1.807, 2.05) is 0 Å². The average Bonchev–Trinajstić information content (AvgIpc) is 2.05.